The zero-order valence-electron chi connectivity index (χ0n) is 19.0. The molecule has 3 N–H and O–H groups in total. The first-order valence-electron chi connectivity index (χ1n) is 10.8. The van der Waals surface area contributed by atoms with Crippen LogP contribution in [0.15, 0.2) is 70.6 Å². The van der Waals surface area contributed by atoms with Crippen LogP contribution in [0.4, 0.5) is 0 Å². The largest absolute Gasteiger partial charge is 0.463 e. The highest BCUT2D eigenvalue weighted by Crippen LogP contribution is 2.22. The molecule has 2 atom stereocenters. The lowest BCUT2D eigenvalue weighted by molar-refractivity contribution is -0.141. The molecule has 184 valence electrons. The van der Waals surface area contributed by atoms with E-state index in [9.17, 15) is 19.5 Å². The molecule has 0 unspecified atom stereocenters. The van der Waals surface area contributed by atoms with Crippen LogP contribution in [0.3, 0.4) is 0 Å². The van der Waals surface area contributed by atoms with E-state index in [0.29, 0.717) is 21.8 Å². The maximum absolute atomic E-state index is 11.1. The van der Waals surface area contributed by atoms with Crippen LogP contribution in [-0.4, -0.2) is 57.9 Å². The van der Waals surface area contributed by atoms with Crippen molar-refractivity contribution in [3.05, 3.63) is 71.8 Å². The molecule has 2 aliphatic rings. The van der Waals surface area contributed by atoms with E-state index in [4.69, 9.17) is 4.74 Å². The number of hydrogen-bond acceptors (Lipinski definition) is 9. The molecule has 0 aliphatic carbocycles. The third kappa shape index (κ3) is 8.85. The number of amides is 2. The van der Waals surface area contributed by atoms with Crippen molar-refractivity contribution in [1.29, 1.82) is 0 Å². The van der Waals surface area contributed by atoms with E-state index >= 15 is 0 Å². The minimum atomic E-state index is -0.343. The van der Waals surface area contributed by atoms with E-state index in [-0.39, 0.29) is 43.1 Å². The van der Waals surface area contributed by atoms with E-state index in [0.717, 1.165) is 11.1 Å². The third-order valence-corrected chi connectivity index (χ3v) is 6.48. The molecule has 2 fully saturated rings. The van der Waals surface area contributed by atoms with Gasteiger partial charge in [0.15, 0.2) is 10.3 Å². The average molecular weight is 515 g/mol. The van der Waals surface area contributed by atoms with Crippen molar-refractivity contribution in [3.63, 3.8) is 0 Å². The number of rotatable bonds is 7. The fourth-order valence-electron chi connectivity index (χ4n) is 3.05. The summed E-state index contributed by atoms with van der Waals surface area (Å²) in [5, 5.41) is 15.8. The average Bonchev–Trinajstić information content (AvgIpc) is 3.48. The van der Waals surface area contributed by atoms with Gasteiger partial charge in [0, 0.05) is 6.92 Å². The Morgan fingerprint density at radius 1 is 0.886 bits per heavy atom. The van der Waals surface area contributed by atoms with E-state index in [1.807, 2.05) is 60.7 Å². The van der Waals surface area contributed by atoms with Gasteiger partial charge in [0.05, 0.1) is 18.1 Å². The lowest BCUT2D eigenvalue weighted by Crippen LogP contribution is -2.21. The molecule has 2 saturated heterocycles. The summed E-state index contributed by atoms with van der Waals surface area (Å²) < 4.78 is 5.03. The highest BCUT2D eigenvalue weighted by molar-refractivity contribution is 8.15. The van der Waals surface area contributed by atoms with Gasteiger partial charge in [-0.1, -0.05) is 84.2 Å². The molecule has 4 rings (SSSR count). The number of amidine groups is 2. The summed E-state index contributed by atoms with van der Waals surface area (Å²) in [6.07, 6.45) is 0. The number of aliphatic imine (C=N–C) groups is 2. The highest BCUT2D eigenvalue weighted by Gasteiger charge is 2.20. The van der Waals surface area contributed by atoms with Crippen molar-refractivity contribution in [2.24, 2.45) is 9.98 Å². The SMILES string of the molecule is CC(=O)OC[C@H](N=C1NC(=O)CS1)c1ccccc1.O=C1CSC(=N[C@@H](CO)c2ccccc2)N1. The quantitative estimate of drug-likeness (QED) is 0.484. The van der Waals surface area contributed by atoms with E-state index in [2.05, 4.69) is 20.6 Å². The number of hydrogen-bond donors (Lipinski definition) is 3. The number of benzene rings is 2. The van der Waals surface area contributed by atoms with Gasteiger partial charge in [-0.25, -0.2) is 0 Å². The normalized spacial score (nSPS) is 18.9. The van der Waals surface area contributed by atoms with Crippen LogP contribution in [0.25, 0.3) is 0 Å². The number of ether oxygens (including phenoxy) is 1. The maximum atomic E-state index is 11.1. The van der Waals surface area contributed by atoms with Crippen LogP contribution >= 0.6 is 23.5 Å². The van der Waals surface area contributed by atoms with E-state index < -0.39 is 0 Å². The Bertz CT molecular complexity index is 1080. The van der Waals surface area contributed by atoms with Gasteiger partial charge in [0.1, 0.15) is 18.7 Å². The molecular weight excluding hydrogens is 488 g/mol. The van der Waals surface area contributed by atoms with Crippen LogP contribution in [0.2, 0.25) is 0 Å². The van der Waals surface area contributed by atoms with Crippen molar-refractivity contribution in [2.75, 3.05) is 24.7 Å². The predicted octanol–water partition coefficient (Wildman–Crippen LogP) is 2.45. The molecule has 35 heavy (non-hydrogen) atoms. The van der Waals surface area contributed by atoms with Crippen LogP contribution in [0, 0.1) is 0 Å². The first kappa shape index (κ1) is 26.5. The zero-order valence-corrected chi connectivity index (χ0v) is 20.7. The van der Waals surface area contributed by atoms with Crippen molar-refractivity contribution >= 4 is 51.6 Å². The smallest absolute Gasteiger partial charge is 0.302 e. The zero-order chi connectivity index (χ0) is 25.0. The molecule has 0 radical (unpaired) electrons. The minimum Gasteiger partial charge on any atom is -0.463 e. The van der Waals surface area contributed by atoms with Gasteiger partial charge in [-0.05, 0) is 11.1 Å². The van der Waals surface area contributed by atoms with Crippen molar-refractivity contribution < 1.29 is 24.2 Å². The number of carbonyl (C=O) groups excluding carboxylic acids is 3. The second kappa shape index (κ2) is 13.7. The van der Waals surface area contributed by atoms with E-state index in [1.165, 1.54) is 30.4 Å². The van der Waals surface area contributed by atoms with Crippen LogP contribution in [0.5, 0.6) is 0 Å². The third-order valence-electron chi connectivity index (χ3n) is 4.70. The monoisotopic (exact) mass is 514 g/mol. The lowest BCUT2D eigenvalue weighted by Gasteiger charge is -2.13. The Labute approximate surface area is 211 Å². The molecule has 2 heterocycles. The predicted molar refractivity (Wildman–Crippen MR) is 138 cm³/mol. The summed E-state index contributed by atoms with van der Waals surface area (Å²) >= 11 is 2.72. The molecule has 9 nitrogen and oxygen atoms in total. The molecule has 0 bridgehead atoms. The first-order chi connectivity index (χ1) is 16.9. The second-order valence-electron chi connectivity index (χ2n) is 7.38. The van der Waals surface area contributed by atoms with Crippen LogP contribution in [0.1, 0.15) is 30.1 Å². The fraction of sp³-hybridized carbons (Fsp3) is 0.292. The summed E-state index contributed by atoms with van der Waals surface area (Å²) in [4.78, 5) is 41.8. The van der Waals surface area contributed by atoms with Gasteiger partial charge >= 0.3 is 5.97 Å². The Balaban J connectivity index is 0.000000198. The van der Waals surface area contributed by atoms with Gasteiger partial charge in [0.2, 0.25) is 11.8 Å². The Morgan fingerprint density at radius 3 is 1.74 bits per heavy atom. The number of aliphatic hydroxyl groups is 1. The van der Waals surface area contributed by atoms with Crippen LogP contribution in [-0.2, 0) is 19.1 Å². The van der Waals surface area contributed by atoms with Gasteiger partial charge in [-0.3, -0.25) is 24.4 Å². The maximum Gasteiger partial charge on any atom is 0.302 e. The van der Waals surface area contributed by atoms with Crippen molar-refractivity contribution in [3.8, 4) is 0 Å². The summed E-state index contributed by atoms with van der Waals surface area (Å²) in [5.41, 5.74) is 1.89. The molecule has 2 aromatic rings. The topological polar surface area (TPSA) is 129 Å². The molecule has 0 spiro atoms. The molecule has 11 heteroatoms. The summed E-state index contributed by atoms with van der Waals surface area (Å²) in [5.74, 6) is 0.362. The fourth-order valence-corrected chi connectivity index (χ4v) is 4.50. The number of thioether (sulfide) groups is 2. The number of nitrogens with one attached hydrogen (secondary N) is 2. The number of aliphatic hydroxyl groups excluding tert-OH is 1. The van der Waals surface area contributed by atoms with Gasteiger partial charge in [-0.15, -0.1) is 0 Å². The molecule has 2 aromatic carbocycles. The Morgan fingerprint density at radius 2 is 1.34 bits per heavy atom. The van der Waals surface area contributed by atoms with Crippen molar-refractivity contribution in [1.82, 2.24) is 10.6 Å². The number of esters is 1. The Kier molecular flexibility index (Phi) is 10.3. The van der Waals surface area contributed by atoms with Gasteiger partial charge < -0.3 is 20.5 Å². The van der Waals surface area contributed by atoms with Gasteiger partial charge in [0.25, 0.3) is 0 Å². The van der Waals surface area contributed by atoms with Crippen molar-refractivity contribution in [2.45, 2.75) is 19.0 Å². The first-order valence-corrected chi connectivity index (χ1v) is 12.8. The second-order valence-corrected chi connectivity index (χ2v) is 9.31. The standard InChI is InChI=1S/C13H14N2O3S.C11H12N2O2S/c1-9(16)18-7-11(10-5-3-2-4-6-10)14-13-15-12(17)8-19-13;14-6-9(8-4-2-1-3-5-8)12-11-13-10(15)7-16-11/h2-6,11H,7-8H2,1H3,(H,14,15,17);1-5,9,14H,6-7H2,(H,12,13,15)/t11-;9-/m00/s1. The molecule has 0 aromatic heterocycles. The van der Waals surface area contributed by atoms with Gasteiger partial charge in [-0.2, -0.15) is 0 Å². The minimum absolute atomic E-state index is 0.0338. The number of carbonyl (C=O) groups is 3. The van der Waals surface area contributed by atoms with Crippen LogP contribution < -0.4 is 10.6 Å². The summed E-state index contributed by atoms with van der Waals surface area (Å²) in [6.45, 7) is 1.46. The lowest BCUT2D eigenvalue weighted by atomic mass is 10.1. The molecule has 2 amide bonds. The Hall–Kier alpha value is -3.15. The number of nitrogens with zero attached hydrogens (tertiary/aromatic N) is 2. The highest BCUT2D eigenvalue weighted by atomic mass is 32.2. The molecule has 0 saturated carbocycles. The van der Waals surface area contributed by atoms with E-state index in [1.54, 1.807) is 0 Å². The molecule has 2 aliphatic heterocycles. The summed E-state index contributed by atoms with van der Waals surface area (Å²) in [6, 6.07) is 18.5. The summed E-state index contributed by atoms with van der Waals surface area (Å²) in [7, 11) is 0. The molecular formula is C24H26N4O5S2.